The van der Waals surface area contributed by atoms with Crippen LogP contribution in [0.4, 0.5) is 0 Å². The van der Waals surface area contributed by atoms with Gasteiger partial charge in [-0.05, 0) is 24.8 Å². The predicted octanol–water partition coefficient (Wildman–Crippen LogP) is 2.38. The molecule has 132 valence electrons. The van der Waals surface area contributed by atoms with Crippen LogP contribution in [0.25, 0.3) is 0 Å². The van der Waals surface area contributed by atoms with E-state index < -0.39 is 0 Å². The van der Waals surface area contributed by atoms with Crippen molar-refractivity contribution < 1.29 is 4.79 Å². The van der Waals surface area contributed by atoms with Crippen LogP contribution < -0.4 is 5.56 Å². The molecule has 2 bridgehead atoms. The fraction of sp³-hybridized carbons (Fsp3) is 0.500. The average Bonchev–Trinajstić information content (AvgIpc) is 2.84. The molecule has 1 amide bonds. The number of carbonyl (C=O) groups excluding carboxylic acids is 1. The lowest BCUT2D eigenvalue weighted by atomic mass is 9.83. The van der Waals surface area contributed by atoms with Crippen molar-refractivity contribution in [2.45, 2.75) is 32.2 Å². The molecule has 1 aromatic rings. The van der Waals surface area contributed by atoms with Gasteiger partial charge in [0.15, 0.2) is 0 Å². The van der Waals surface area contributed by atoms with Gasteiger partial charge >= 0.3 is 0 Å². The van der Waals surface area contributed by atoms with E-state index >= 15 is 0 Å². The van der Waals surface area contributed by atoms with Crippen LogP contribution in [-0.4, -0.2) is 44.2 Å². The number of pyridine rings is 1. The third-order valence-electron chi connectivity index (χ3n) is 5.13. The van der Waals surface area contributed by atoms with Crippen LogP contribution in [-0.2, 0) is 11.3 Å². The van der Waals surface area contributed by atoms with Gasteiger partial charge in [-0.25, -0.2) is 0 Å². The maximum absolute atomic E-state index is 12.5. The zero-order valence-electron chi connectivity index (χ0n) is 14.2. The molecule has 1 aromatic heterocycles. The molecule has 7 heteroatoms. The van der Waals surface area contributed by atoms with E-state index in [-0.39, 0.29) is 11.5 Å². The lowest BCUT2D eigenvalue weighted by molar-refractivity contribution is -0.122. The monoisotopic (exact) mass is 375 g/mol. The summed E-state index contributed by atoms with van der Waals surface area (Å²) in [5, 5.41) is 0. The summed E-state index contributed by atoms with van der Waals surface area (Å²) >= 11 is 6.75. The highest BCUT2D eigenvalue weighted by Crippen LogP contribution is 2.37. The van der Waals surface area contributed by atoms with E-state index in [0.717, 1.165) is 43.1 Å². The fourth-order valence-electron chi connectivity index (χ4n) is 4.11. The molecule has 0 N–H and O–H groups in total. The Morgan fingerprint density at radius 1 is 1.28 bits per heavy atom. The molecule has 25 heavy (non-hydrogen) atoms. The van der Waals surface area contributed by atoms with Crippen LogP contribution in [0.5, 0.6) is 0 Å². The topological polar surface area (TPSA) is 45.6 Å². The molecule has 3 aliphatic rings. The number of hydrogen-bond acceptors (Lipinski definition) is 5. The Kier molecular flexibility index (Phi) is 4.45. The first kappa shape index (κ1) is 16.8. The molecule has 3 aliphatic heterocycles. The van der Waals surface area contributed by atoms with Gasteiger partial charge in [0.1, 0.15) is 4.32 Å². The summed E-state index contributed by atoms with van der Waals surface area (Å²) in [5.41, 5.74) is 1.22. The smallest absolute Gasteiger partial charge is 0.267 e. The summed E-state index contributed by atoms with van der Waals surface area (Å²) in [5.74, 6) is 0.825. The number of rotatable bonds is 3. The second kappa shape index (κ2) is 6.61. The SMILES string of the molecule is CCCN1C(=O)/C(=C/N2C[C@@H]3C[C@@H](C2)c2cccc(=O)n2C3)SC1=S. The Labute approximate surface area is 156 Å². The standard InChI is InChI=1S/C18H21N3O2S2/c1-2-6-20-17(23)15(25-18(20)24)11-19-8-12-7-13(10-19)14-4-3-5-16(22)21(14)9-12/h3-5,11-13H,2,6-10H2,1H3/b15-11-/t12-,13-/m0/s1. The number of amides is 1. The van der Waals surface area contributed by atoms with Crippen molar-refractivity contribution in [3.05, 3.63) is 45.4 Å². The van der Waals surface area contributed by atoms with Gasteiger partial charge in [0.25, 0.3) is 11.5 Å². The zero-order valence-corrected chi connectivity index (χ0v) is 15.8. The van der Waals surface area contributed by atoms with E-state index in [1.54, 1.807) is 11.0 Å². The second-order valence-electron chi connectivity index (χ2n) is 6.97. The number of piperidine rings is 1. The first-order chi connectivity index (χ1) is 12.1. The second-order valence-corrected chi connectivity index (χ2v) is 8.65. The maximum Gasteiger partial charge on any atom is 0.267 e. The molecule has 0 radical (unpaired) electrons. The predicted molar refractivity (Wildman–Crippen MR) is 103 cm³/mol. The van der Waals surface area contributed by atoms with Gasteiger partial charge in [-0.15, -0.1) is 0 Å². The molecular weight excluding hydrogens is 354 g/mol. The summed E-state index contributed by atoms with van der Waals surface area (Å²) in [6, 6.07) is 5.55. The van der Waals surface area contributed by atoms with Crippen LogP contribution in [0, 0.1) is 5.92 Å². The minimum absolute atomic E-state index is 0.0317. The number of thioether (sulfide) groups is 1. The van der Waals surface area contributed by atoms with Gasteiger partial charge in [-0.3, -0.25) is 14.5 Å². The summed E-state index contributed by atoms with van der Waals surface area (Å²) in [6.07, 6.45) is 4.01. The first-order valence-corrected chi connectivity index (χ1v) is 9.98. The number of aromatic nitrogens is 1. The van der Waals surface area contributed by atoms with Crippen molar-refractivity contribution >= 4 is 34.2 Å². The number of nitrogens with zero attached hydrogens (tertiary/aromatic N) is 3. The molecule has 0 aliphatic carbocycles. The highest BCUT2D eigenvalue weighted by Gasteiger charge is 2.36. The minimum atomic E-state index is 0.0317. The third-order valence-corrected chi connectivity index (χ3v) is 6.49. The van der Waals surface area contributed by atoms with E-state index in [1.807, 2.05) is 23.8 Å². The van der Waals surface area contributed by atoms with Gasteiger partial charge in [-0.1, -0.05) is 37.0 Å². The summed E-state index contributed by atoms with van der Waals surface area (Å²) in [7, 11) is 0. The zero-order chi connectivity index (χ0) is 17.6. The van der Waals surface area contributed by atoms with Crippen LogP contribution in [0.2, 0.25) is 0 Å². The Hall–Kier alpha value is -1.60. The number of fused-ring (bicyclic) bond motifs is 4. The van der Waals surface area contributed by atoms with Gasteiger partial charge in [0.2, 0.25) is 0 Å². The Balaban J connectivity index is 1.56. The molecule has 0 saturated carbocycles. The number of carbonyl (C=O) groups is 1. The van der Waals surface area contributed by atoms with Gasteiger partial charge < -0.3 is 9.47 Å². The van der Waals surface area contributed by atoms with Gasteiger partial charge in [0, 0.05) is 50.1 Å². The maximum atomic E-state index is 12.5. The van der Waals surface area contributed by atoms with Crippen molar-refractivity contribution in [3.63, 3.8) is 0 Å². The average molecular weight is 376 g/mol. The Bertz CT molecular complexity index is 817. The molecule has 0 unspecified atom stereocenters. The largest absolute Gasteiger partial charge is 0.375 e. The Morgan fingerprint density at radius 2 is 2.12 bits per heavy atom. The normalized spacial score (nSPS) is 27.2. The summed E-state index contributed by atoms with van der Waals surface area (Å²) in [4.78, 5) is 29.3. The minimum Gasteiger partial charge on any atom is -0.375 e. The van der Waals surface area contributed by atoms with Crippen molar-refractivity contribution in [3.8, 4) is 0 Å². The van der Waals surface area contributed by atoms with E-state index in [9.17, 15) is 9.59 Å². The number of likely N-dealkylation sites (tertiary alicyclic amines) is 1. The summed E-state index contributed by atoms with van der Waals surface area (Å²) in [6.45, 7) is 5.23. The Morgan fingerprint density at radius 3 is 2.92 bits per heavy atom. The molecule has 4 rings (SSSR count). The quantitative estimate of drug-likeness (QED) is 0.600. The molecule has 4 heterocycles. The van der Waals surface area contributed by atoms with Crippen molar-refractivity contribution in [1.82, 2.24) is 14.4 Å². The molecule has 2 atom stereocenters. The van der Waals surface area contributed by atoms with Crippen molar-refractivity contribution in [1.29, 1.82) is 0 Å². The van der Waals surface area contributed by atoms with Crippen LogP contribution >= 0.6 is 24.0 Å². The third kappa shape index (κ3) is 3.04. The number of hydrogen-bond donors (Lipinski definition) is 0. The van der Waals surface area contributed by atoms with E-state index in [2.05, 4.69) is 11.0 Å². The lowest BCUT2D eigenvalue weighted by Gasteiger charge is -2.42. The lowest BCUT2D eigenvalue weighted by Crippen LogP contribution is -2.45. The van der Waals surface area contributed by atoms with Crippen molar-refractivity contribution in [2.24, 2.45) is 5.92 Å². The molecule has 5 nitrogen and oxygen atoms in total. The van der Waals surface area contributed by atoms with Crippen LogP contribution in [0.1, 0.15) is 31.4 Å². The molecule has 0 aromatic carbocycles. The number of thiocarbonyl (C=S) groups is 1. The van der Waals surface area contributed by atoms with Gasteiger partial charge in [0.05, 0.1) is 4.91 Å². The van der Waals surface area contributed by atoms with E-state index in [4.69, 9.17) is 12.2 Å². The molecule has 0 spiro atoms. The van der Waals surface area contributed by atoms with E-state index in [0.29, 0.717) is 22.7 Å². The van der Waals surface area contributed by atoms with Crippen LogP contribution in [0.3, 0.4) is 0 Å². The molecular formula is C18H21N3O2S2. The molecule has 2 fully saturated rings. The first-order valence-electron chi connectivity index (χ1n) is 8.76. The highest BCUT2D eigenvalue weighted by atomic mass is 32.2. The fourth-order valence-corrected chi connectivity index (χ4v) is 5.43. The summed E-state index contributed by atoms with van der Waals surface area (Å²) < 4.78 is 2.59. The molecule has 2 saturated heterocycles. The van der Waals surface area contributed by atoms with Crippen molar-refractivity contribution in [2.75, 3.05) is 19.6 Å². The van der Waals surface area contributed by atoms with E-state index in [1.165, 1.54) is 11.8 Å². The van der Waals surface area contributed by atoms with Gasteiger partial charge in [-0.2, -0.15) is 0 Å². The van der Waals surface area contributed by atoms with Crippen LogP contribution in [0.15, 0.2) is 34.1 Å². The highest BCUT2D eigenvalue weighted by molar-refractivity contribution is 8.26.